The SMILES string of the molecule is Cc1ccc(C)c(S(=O)(=O)NC(=O)C2CSCN2C(=O)c2ccc(Cl)cc2)c1. The van der Waals surface area contributed by atoms with Crippen LogP contribution in [0.2, 0.25) is 5.02 Å². The highest BCUT2D eigenvalue weighted by Gasteiger charge is 2.37. The van der Waals surface area contributed by atoms with Crippen LogP contribution in [-0.2, 0) is 14.8 Å². The van der Waals surface area contributed by atoms with E-state index in [9.17, 15) is 18.0 Å². The molecule has 1 aliphatic heterocycles. The molecule has 2 amide bonds. The molecule has 3 rings (SSSR count). The van der Waals surface area contributed by atoms with Crippen LogP contribution in [0.25, 0.3) is 0 Å². The van der Waals surface area contributed by atoms with Crippen molar-refractivity contribution < 1.29 is 18.0 Å². The molecule has 1 N–H and O–H groups in total. The van der Waals surface area contributed by atoms with Crippen LogP contribution in [0.15, 0.2) is 47.4 Å². The summed E-state index contributed by atoms with van der Waals surface area (Å²) in [4.78, 5) is 26.9. The van der Waals surface area contributed by atoms with Crippen LogP contribution in [0, 0.1) is 13.8 Å². The molecule has 1 unspecified atom stereocenters. The Morgan fingerprint density at radius 2 is 1.82 bits per heavy atom. The van der Waals surface area contributed by atoms with Crippen LogP contribution in [-0.4, -0.2) is 42.8 Å². The summed E-state index contributed by atoms with van der Waals surface area (Å²) in [6.07, 6.45) is 0. The first-order valence-electron chi connectivity index (χ1n) is 8.47. The molecule has 9 heteroatoms. The van der Waals surface area contributed by atoms with Crippen molar-refractivity contribution >= 4 is 45.2 Å². The van der Waals surface area contributed by atoms with E-state index >= 15 is 0 Å². The molecule has 0 bridgehead atoms. The number of hydrogen-bond acceptors (Lipinski definition) is 5. The van der Waals surface area contributed by atoms with Crippen molar-refractivity contribution in [3.05, 3.63) is 64.2 Å². The van der Waals surface area contributed by atoms with E-state index in [0.717, 1.165) is 5.56 Å². The van der Waals surface area contributed by atoms with Gasteiger partial charge >= 0.3 is 0 Å². The molecule has 1 saturated heterocycles. The third kappa shape index (κ3) is 4.34. The number of hydrogen-bond donors (Lipinski definition) is 1. The molecular weight excluding hydrogens is 420 g/mol. The highest BCUT2D eigenvalue weighted by Crippen LogP contribution is 2.25. The van der Waals surface area contributed by atoms with Gasteiger partial charge in [-0.05, 0) is 55.3 Å². The van der Waals surface area contributed by atoms with Crippen molar-refractivity contribution in [1.82, 2.24) is 9.62 Å². The number of rotatable bonds is 4. The number of halogens is 1. The number of carbonyl (C=O) groups excluding carboxylic acids is 2. The molecule has 0 aliphatic carbocycles. The van der Waals surface area contributed by atoms with E-state index in [2.05, 4.69) is 4.72 Å². The Morgan fingerprint density at radius 3 is 2.50 bits per heavy atom. The lowest BCUT2D eigenvalue weighted by Gasteiger charge is -2.23. The molecule has 1 atom stereocenters. The standard InChI is InChI=1S/C19H19ClN2O4S2/c1-12-3-4-13(2)17(9-12)28(25,26)21-18(23)16-10-27-11-22(16)19(24)14-5-7-15(20)8-6-14/h3-9,16H,10-11H2,1-2H3,(H,21,23). The number of amides is 2. The van der Waals surface area contributed by atoms with E-state index in [1.807, 2.05) is 0 Å². The van der Waals surface area contributed by atoms with Gasteiger partial charge in [-0.3, -0.25) is 9.59 Å². The van der Waals surface area contributed by atoms with Crippen molar-refractivity contribution in [2.45, 2.75) is 24.8 Å². The van der Waals surface area contributed by atoms with E-state index in [4.69, 9.17) is 11.6 Å². The van der Waals surface area contributed by atoms with Crippen molar-refractivity contribution in [3.63, 3.8) is 0 Å². The van der Waals surface area contributed by atoms with Crippen LogP contribution < -0.4 is 4.72 Å². The molecule has 2 aromatic rings. The van der Waals surface area contributed by atoms with Crippen LogP contribution in [0.1, 0.15) is 21.5 Å². The largest absolute Gasteiger partial charge is 0.316 e. The zero-order valence-electron chi connectivity index (χ0n) is 15.3. The highest BCUT2D eigenvalue weighted by molar-refractivity contribution is 7.99. The number of nitrogens with zero attached hydrogens (tertiary/aromatic N) is 1. The van der Waals surface area contributed by atoms with Crippen molar-refractivity contribution in [3.8, 4) is 0 Å². The zero-order valence-corrected chi connectivity index (χ0v) is 17.7. The Morgan fingerprint density at radius 1 is 1.14 bits per heavy atom. The summed E-state index contributed by atoms with van der Waals surface area (Å²) < 4.78 is 27.5. The van der Waals surface area contributed by atoms with Gasteiger partial charge in [0.25, 0.3) is 21.8 Å². The summed E-state index contributed by atoms with van der Waals surface area (Å²) in [6, 6.07) is 10.5. The van der Waals surface area contributed by atoms with E-state index in [1.165, 1.54) is 22.7 Å². The van der Waals surface area contributed by atoms with Gasteiger partial charge in [-0.15, -0.1) is 11.8 Å². The average Bonchev–Trinajstić information content (AvgIpc) is 3.13. The first kappa shape index (κ1) is 20.7. The monoisotopic (exact) mass is 438 g/mol. The van der Waals surface area contributed by atoms with Gasteiger partial charge in [0.05, 0.1) is 10.8 Å². The predicted molar refractivity (Wildman–Crippen MR) is 110 cm³/mol. The van der Waals surface area contributed by atoms with Gasteiger partial charge in [0.2, 0.25) is 0 Å². The van der Waals surface area contributed by atoms with E-state index < -0.39 is 22.0 Å². The van der Waals surface area contributed by atoms with Gasteiger partial charge in [0, 0.05) is 16.3 Å². The van der Waals surface area contributed by atoms with Crippen LogP contribution in [0.4, 0.5) is 0 Å². The summed E-state index contributed by atoms with van der Waals surface area (Å²) in [5.41, 5.74) is 1.71. The van der Waals surface area contributed by atoms with Crippen molar-refractivity contribution in [1.29, 1.82) is 0 Å². The number of sulfonamides is 1. The minimum Gasteiger partial charge on any atom is -0.316 e. The quantitative estimate of drug-likeness (QED) is 0.793. The van der Waals surface area contributed by atoms with Crippen molar-refractivity contribution in [2.24, 2.45) is 0 Å². The third-order valence-corrected chi connectivity index (χ3v) is 7.16. The molecule has 1 heterocycles. The number of nitrogens with one attached hydrogen (secondary N) is 1. The van der Waals surface area contributed by atoms with Gasteiger partial charge in [0.15, 0.2) is 0 Å². The Kier molecular flexibility index (Phi) is 6.02. The molecule has 28 heavy (non-hydrogen) atoms. The maximum Gasteiger partial charge on any atom is 0.264 e. The van der Waals surface area contributed by atoms with Crippen molar-refractivity contribution in [2.75, 3.05) is 11.6 Å². The maximum absolute atomic E-state index is 12.7. The summed E-state index contributed by atoms with van der Waals surface area (Å²) >= 11 is 7.25. The minimum absolute atomic E-state index is 0.0575. The summed E-state index contributed by atoms with van der Waals surface area (Å²) in [5.74, 6) is -0.421. The van der Waals surface area contributed by atoms with Gasteiger partial charge in [0.1, 0.15) is 6.04 Å². The average molecular weight is 439 g/mol. The summed E-state index contributed by atoms with van der Waals surface area (Å²) in [6.45, 7) is 3.45. The fourth-order valence-electron chi connectivity index (χ4n) is 2.87. The van der Waals surface area contributed by atoms with E-state index in [1.54, 1.807) is 50.2 Å². The van der Waals surface area contributed by atoms with E-state index in [-0.39, 0.29) is 10.8 Å². The van der Waals surface area contributed by atoms with Crippen LogP contribution in [0.3, 0.4) is 0 Å². The molecule has 0 spiro atoms. The zero-order chi connectivity index (χ0) is 20.5. The van der Waals surface area contributed by atoms with E-state index in [0.29, 0.717) is 27.8 Å². The first-order chi connectivity index (χ1) is 13.2. The van der Waals surface area contributed by atoms with Gasteiger partial charge in [-0.2, -0.15) is 0 Å². The molecule has 148 valence electrons. The lowest BCUT2D eigenvalue weighted by Crippen LogP contribution is -2.48. The Labute approximate surface area is 173 Å². The Bertz CT molecular complexity index is 1020. The number of thioether (sulfide) groups is 1. The van der Waals surface area contributed by atoms with Gasteiger partial charge in [-0.1, -0.05) is 23.7 Å². The Balaban J connectivity index is 1.80. The molecule has 2 aromatic carbocycles. The lowest BCUT2D eigenvalue weighted by molar-refractivity contribution is -0.122. The topological polar surface area (TPSA) is 83.6 Å². The molecule has 0 saturated carbocycles. The molecular formula is C19H19ClN2O4S2. The number of aryl methyl sites for hydroxylation is 2. The molecule has 0 radical (unpaired) electrons. The minimum atomic E-state index is -4.03. The molecule has 6 nitrogen and oxygen atoms in total. The third-order valence-electron chi connectivity index (χ3n) is 4.41. The predicted octanol–water partition coefficient (Wildman–Crippen LogP) is 2.98. The van der Waals surface area contributed by atoms with Crippen LogP contribution in [0.5, 0.6) is 0 Å². The second-order valence-corrected chi connectivity index (χ2v) is 9.62. The molecule has 1 aliphatic rings. The smallest absolute Gasteiger partial charge is 0.264 e. The Hall–Kier alpha value is -2.03. The summed E-state index contributed by atoms with van der Waals surface area (Å²) in [7, 11) is -4.03. The molecule has 1 fully saturated rings. The summed E-state index contributed by atoms with van der Waals surface area (Å²) in [5, 5.41) is 0.501. The number of carbonyl (C=O) groups is 2. The lowest BCUT2D eigenvalue weighted by atomic mass is 10.1. The fraction of sp³-hybridized carbons (Fsp3) is 0.263. The van der Waals surface area contributed by atoms with Gasteiger partial charge < -0.3 is 4.90 Å². The first-order valence-corrected chi connectivity index (χ1v) is 11.5. The molecule has 0 aromatic heterocycles. The maximum atomic E-state index is 12.7. The number of benzene rings is 2. The van der Waals surface area contributed by atoms with Crippen LogP contribution >= 0.6 is 23.4 Å². The van der Waals surface area contributed by atoms with Gasteiger partial charge in [-0.25, -0.2) is 13.1 Å². The second kappa shape index (κ2) is 8.14. The normalized spacial score (nSPS) is 16.8. The highest BCUT2D eigenvalue weighted by atomic mass is 35.5. The second-order valence-electron chi connectivity index (χ2n) is 6.54. The fourth-order valence-corrected chi connectivity index (χ4v) is 5.49.